The largest absolute Gasteiger partial charge is 0.456 e. The minimum absolute atomic E-state index is 0.0964. The average molecular weight is 710 g/mol. The van der Waals surface area contributed by atoms with Crippen LogP contribution in [0.5, 0.6) is 0 Å². The highest BCUT2D eigenvalue weighted by atomic mass is 16.3. The standard InChI is InChI=1S/C53H43NO/c1-51(2)43-16-10-7-13-37(43)39-26-24-35(30-46(39)51)54(36-25-27-40-38-14-8-11-17-44(38)52(3,4)47(40)31-36)34-22-19-32(20-23-34)33-21-28-45-42(29-33)50-49(53(45,5)6)41-15-9-12-18-48(41)55-50/h7-31H,1-6H3. The fourth-order valence-electron chi connectivity index (χ4n) is 10.4. The van der Waals surface area contributed by atoms with Crippen molar-refractivity contribution in [2.24, 2.45) is 0 Å². The van der Waals surface area contributed by atoms with Crippen molar-refractivity contribution >= 4 is 28.0 Å². The van der Waals surface area contributed by atoms with Crippen LogP contribution in [0.25, 0.3) is 55.7 Å². The number of rotatable bonds is 4. The SMILES string of the molecule is CC1(C)c2ccccc2-c2ccc(N(c3ccc(-c4ccc5c(c4)-c4oc6ccccc6c4C5(C)C)cc3)c3ccc4c(c3)C(C)(C)c3ccccc3-4)cc21. The highest BCUT2D eigenvalue weighted by molar-refractivity contribution is 5.95. The molecule has 0 spiro atoms. The van der Waals surface area contributed by atoms with Gasteiger partial charge in [-0.2, -0.15) is 0 Å². The van der Waals surface area contributed by atoms with Crippen LogP contribution in [0.4, 0.5) is 17.1 Å². The third-order valence-corrected chi connectivity index (χ3v) is 13.3. The molecule has 2 heteroatoms. The topological polar surface area (TPSA) is 16.4 Å². The van der Waals surface area contributed by atoms with Crippen molar-refractivity contribution in [1.82, 2.24) is 0 Å². The Morgan fingerprint density at radius 1 is 0.382 bits per heavy atom. The van der Waals surface area contributed by atoms with Gasteiger partial charge in [-0.3, -0.25) is 0 Å². The number of hydrogen-bond donors (Lipinski definition) is 0. The van der Waals surface area contributed by atoms with Gasteiger partial charge in [0.05, 0.1) is 0 Å². The molecule has 0 N–H and O–H groups in total. The third kappa shape index (κ3) is 4.37. The second kappa shape index (κ2) is 11.0. The molecule has 0 saturated carbocycles. The van der Waals surface area contributed by atoms with E-state index in [0.29, 0.717) is 0 Å². The fourth-order valence-corrected chi connectivity index (χ4v) is 10.4. The molecule has 3 aliphatic rings. The van der Waals surface area contributed by atoms with Gasteiger partial charge in [0.2, 0.25) is 0 Å². The molecule has 0 atom stereocenters. The van der Waals surface area contributed by atoms with Crippen LogP contribution >= 0.6 is 0 Å². The van der Waals surface area contributed by atoms with Gasteiger partial charge in [0, 0.05) is 49.8 Å². The van der Waals surface area contributed by atoms with E-state index in [9.17, 15) is 0 Å². The molecule has 0 amide bonds. The number of benzene rings is 7. The molecule has 1 aromatic heterocycles. The second-order valence-corrected chi connectivity index (χ2v) is 17.4. The smallest absolute Gasteiger partial charge is 0.139 e. The molecule has 2 nitrogen and oxygen atoms in total. The lowest BCUT2D eigenvalue weighted by Gasteiger charge is -2.30. The number of hydrogen-bond acceptors (Lipinski definition) is 2. The Kier molecular flexibility index (Phi) is 6.45. The molecule has 0 radical (unpaired) electrons. The number of anilines is 3. The van der Waals surface area contributed by atoms with Gasteiger partial charge in [0.25, 0.3) is 0 Å². The number of fused-ring (bicyclic) bond motifs is 11. The van der Waals surface area contributed by atoms with Crippen molar-refractivity contribution < 1.29 is 4.42 Å². The summed E-state index contributed by atoms with van der Waals surface area (Å²) in [6.07, 6.45) is 0. The Morgan fingerprint density at radius 2 is 0.873 bits per heavy atom. The summed E-state index contributed by atoms with van der Waals surface area (Å²) in [5.74, 6) is 1.01. The lowest BCUT2D eigenvalue weighted by Crippen LogP contribution is -2.18. The first-order chi connectivity index (χ1) is 26.5. The van der Waals surface area contributed by atoms with E-state index in [0.717, 1.165) is 28.4 Å². The third-order valence-electron chi connectivity index (χ3n) is 13.3. The van der Waals surface area contributed by atoms with E-state index >= 15 is 0 Å². The van der Waals surface area contributed by atoms with E-state index in [1.807, 2.05) is 0 Å². The molecule has 11 rings (SSSR count). The summed E-state index contributed by atoms with van der Waals surface area (Å²) >= 11 is 0. The molecule has 266 valence electrons. The predicted octanol–water partition coefficient (Wildman–Crippen LogP) is 14.5. The Labute approximate surface area is 323 Å². The summed E-state index contributed by atoms with van der Waals surface area (Å²) in [7, 11) is 0. The summed E-state index contributed by atoms with van der Waals surface area (Å²) in [5, 5.41) is 1.21. The second-order valence-electron chi connectivity index (χ2n) is 17.4. The quantitative estimate of drug-likeness (QED) is 0.181. The van der Waals surface area contributed by atoms with Crippen molar-refractivity contribution in [3.8, 4) is 44.7 Å². The Bertz CT molecular complexity index is 2790. The van der Waals surface area contributed by atoms with Crippen LogP contribution in [0.2, 0.25) is 0 Å². The van der Waals surface area contributed by atoms with Gasteiger partial charge in [-0.25, -0.2) is 0 Å². The fraction of sp³-hybridized carbons (Fsp3) is 0.170. The summed E-state index contributed by atoms with van der Waals surface area (Å²) < 4.78 is 6.54. The van der Waals surface area contributed by atoms with E-state index in [-0.39, 0.29) is 16.2 Å². The summed E-state index contributed by atoms with van der Waals surface area (Å²) in [4.78, 5) is 2.45. The summed E-state index contributed by atoms with van der Waals surface area (Å²) in [5.41, 5.74) is 21.2. The molecule has 0 aliphatic heterocycles. The molecular weight excluding hydrogens is 667 g/mol. The van der Waals surface area contributed by atoms with Gasteiger partial charge in [0.15, 0.2) is 0 Å². The predicted molar refractivity (Wildman–Crippen MR) is 229 cm³/mol. The van der Waals surface area contributed by atoms with Crippen LogP contribution in [0.3, 0.4) is 0 Å². The van der Waals surface area contributed by atoms with Crippen molar-refractivity contribution in [2.75, 3.05) is 4.90 Å². The first kappa shape index (κ1) is 32.3. The monoisotopic (exact) mass is 709 g/mol. The van der Waals surface area contributed by atoms with E-state index < -0.39 is 0 Å². The number of para-hydroxylation sites is 1. The van der Waals surface area contributed by atoms with Crippen LogP contribution in [-0.4, -0.2) is 0 Å². The van der Waals surface area contributed by atoms with Crippen molar-refractivity contribution in [1.29, 1.82) is 0 Å². The lowest BCUT2D eigenvalue weighted by molar-refractivity contribution is 0.619. The summed E-state index contributed by atoms with van der Waals surface area (Å²) in [6.45, 7) is 14.1. The van der Waals surface area contributed by atoms with E-state index in [1.165, 1.54) is 77.7 Å². The van der Waals surface area contributed by atoms with E-state index in [2.05, 4.69) is 198 Å². The first-order valence-electron chi connectivity index (χ1n) is 19.6. The van der Waals surface area contributed by atoms with Crippen molar-refractivity contribution in [3.63, 3.8) is 0 Å². The molecule has 8 aromatic rings. The van der Waals surface area contributed by atoms with Crippen molar-refractivity contribution in [3.05, 3.63) is 185 Å². The van der Waals surface area contributed by atoms with Crippen molar-refractivity contribution in [2.45, 2.75) is 57.8 Å². The van der Waals surface area contributed by atoms with E-state index in [4.69, 9.17) is 4.42 Å². The maximum atomic E-state index is 6.54. The minimum atomic E-state index is -0.127. The van der Waals surface area contributed by atoms with Crippen LogP contribution < -0.4 is 4.90 Å². The number of nitrogens with zero attached hydrogens (tertiary/aromatic N) is 1. The Hall–Kier alpha value is -6.12. The Balaban J connectivity index is 1.04. The highest BCUT2D eigenvalue weighted by Gasteiger charge is 2.41. The van der Waals surface area contributed by atoms with Crippen LogP contribution in [0.1, 0.15) is 74.9 Å². The van der Waals surface area contributed by atoms with Crippen LogP contribution in [-0.2, 0) is 16.2 Å². The van der Waals surface area contributed by atoms with Gasteiger partial charge < -0.3 is 9.32 Å². The van der Waals surface area contributed by atoms with Gasteiger partial charge in [-0.05, 0) is 110 Å². The van der Waals surface area contributed by atoms with Gasteiger partial charge in [-0.1, -0.05) is 145 Å². The minimum Gasteiger partial charge on any atom is -0.456 e. The van der Waals surface area contributed by atoms with Gasteiger partial charge in [0.1, 0.15) is 11.3 Å². The molecule has 7 aromatic carbocycles. The summed E-state index contributed by atoms with van der Waals surface area (Å²) in [6, 6.07) is 56.5. The maximum absolute atomic E-state index is 6.54. The van der Waals surface area contributed by atoms with Crippen LogP contribution in [0, 0.1) is 0 Å². The Morgan fingerprint density at radius 3 is 1.49 bits per heavy atom. The van der Waals surface area contributed by atoms with Gasteiger partial charge >= 0.3 is 0 Å². The molecule has 0 unspecified atom stereocenters. The zero-order valence-corrected chi connectivity index (χ0v) is 32.3. The molecule has 55 heavy (non-hydrogen) atoms. The molecule has 0 fully saturated rings. The normalized spacial score (nSPS) is 15.9. The maximum Gasteiger partial charge on any atom is 0.139 e. The molecular formula is C53H43NO. The lowest BCUT2D eigenvalue weighted by atomic mass is 9.81. The highest BCUT2D eigenvalue weighted by Crippen LogP contribution is 2.55. The average Bonchev–Trinajstić information content (AvgIpc) is 3.85. The molecule has 0 bridgehead atoms. The van der Waals surface area contributed by atoms with Crippen LogP contribution in [0.15, 0.2) is 156 Å². The zero-order valence-electron chi connectivity index (χ0n) is 32.3. The van der Waals surface area contributed by atoms with E-state index in [1.54, 1.807) is 0 Å². The first-order valence-corrected chi connectivity index (χ1v) is 19.6. The molecule has 1 heterocycles. The molecule has 3 aliphatic carbocycles. The zero-order chi connectivity index (χ0) is 37.4. The number of furan rings is 1. The van der Waals surface area contributed by atoms with Gasteiger partial charge in [-0.15, -0.1) is 0 Å². The molecule has 0 saturated heterocycles.